The second-order valence-corrected chi connectivity index (χ2v) is 7.78. The highest BCUT2D eigenvalue weighted by Crippen LogP contribution is 2.27. The molecule has 5 heteroatoms. The number of phenolic OH excluding ortho intramolecular Hbond substituents is 1. The fraction of sp³-hybridized carbons (Fsp3) is 0.0357. The van der Waals surface area contributed by atoms with E-state index in [1.54, 1.807) is 12.3 Å². The Hall–Kier alpha value is -4.51. The maximum Gasteiger partial charge on any atom is 0.244 e. The first-order valence-electron chi connectivity index (χ1n) is 10.7. The molecule has 1 heterocycles. The van der Waals surface area contributed by atoms with E-state index in [0.717, 1.165) is 33.3 Å². The summed E-state index contributed by atoms with van der Waals surface area (Å²) in [6, 6.07) is 31.6. The van der Waals surface area contributed by atoms with Crippen molar-refractivity contribution in [2.75, 3.05) is 5.43 Å². The molecule has 5 rings (SSSR count). The highest BCUT2D eigenvalue weighted by Gasteiger charge is 2.09. The summed E-state index contributed by atoms with van der Waals surface area (Å²) in [6.45, 7) is 2.06. The molecule has 0 bridgehead atoms. The van der Waals surface area contributed by atoms with Gasteiger partial charge in [-0.2, -0.15) is 5.10 Å². The third-order valence-corrected chi connectivity index (χ3v) is 5.45. The highest BCUT2D eigenvalue weighted by molar-refractivity contribution is 6.02. The van der Waals surface area contributed by atoms with Crippen LogP contribution in [0.4, 0.5) is 5.95 Å². The molecule has 5 nitrogen and oxygen atoms in total. The molecule has 0 amide bonds. The van der Waals surface area contributed by atoms with Gasteiger partial charge in [0.25, 0.3) is 0 Å². The van der Waals surface area contributed by atoms with Crippen molar-refractivity contribution < 1.29 is 5.11 Å². The first kappa shape index (κ1) is 20.4. The summed E-state index contributed by atoms with van der Waals surface area (Å²) in [6.07, 6.45) is 1.60. The summed E-state index contributed by atoms with van der Waals surface area (Å²) in [7, 11) is 0. The van der Waals surface area contributed by atoms with Crippen LogP contribution < -0.4 is 5.43 Å². The Kier molecular flexibility index (Phi) is 5.52. The SMILES string of the molecule is Cc1ccc(-c2cc(-c3ccccc3)nc(NN=Cc3c(O)ccc4ccccc34)n2)cc1. The number of aromatic hydroxyl groups is 1. The van der Waals surface area contributed by atoms with Crippen molar-refractivity contribution in [1.82, 2.24) is 9.97 Å². The van der Waals surface area contributed by atoms with E-state index in [4.69, 9.17) is 0 Å². The van der Waals surface area contributed by atoms with Gasteiger partial charge in [0.2, 0.25) is 5.95 Å². The first-order valence-corrected chi connectivity index (χ1v) is 10.7. The zero-order chi connectivity index (χ0) is 22.6. The minimum atomic E-state index is 0.165. The molecular formula is C28H22N4O. The zero-order valence-electron chi connectivity index (χ0n) is 18.1. The number of benzene rings is 4. The van der Waals surface area contributed by atoms with Gasteiger partial charge in [-0.25, -0.2) is 15.4 Å². The van der Waals surface area contributed by atoms with Crippen LogP contribution in [0.15, 0.2) is 102 Å². The molecule has 1 aromatic heterocycles. The summed E-state index contributed by atoms with van der Waals surface area (Å²) in [5.41, 5.74) is 8.37. The Morgan fingerprint density at radius 3 is 2.18 bits per heavy atom. The average Bonchev–Trinajstić information content (AvgIpc) is 2.86. The fourth-order valence-electron chi connectivity index (χ4n) is 3.70. The summed E-state index contributed by atoms with van der Waals surface area (Å²) in [4.78, 5) is 9.34. The van der Waals surface area contributed by atoms with Crippen molar-refractivity contribution >= 4 is 22.9 Å². The largest absolute Gasteiger partial charge is 0.507 e. The molecule has 0 fully saturated rings. The number of hydrogen-bond acceptors (Lipinski definition) is 5. The van der Waals surface area contributed by atoms with Gasteiger partial charge in [0.15, 0.2) is 0 Å². The first-order chi connectivity index (χ1) is 16.2. The molecule has 33 heavy (non-hydrogen) atoms. The van der Waals surface area contributed by atoms with E-state index >= 15 is 0 Å². The van der Waals surface area contributed by atoms with E-state index < -0.39 is 0 Å². The van der Waals surface area contributed by atoms with Crippen molar-refractivity contribution in [3.63, 3.8) is 0 Å². The van der Waals surface area contributed by atoms with Crippen molar-refractivity contribution in [2.24, 2.45) is 5.10 Å². The molecule has 0 saturated heterocycles. The van der Waals surface area contributed by atoms with Gasteiger partial charge in [0.1, 0.15) is 5.75 Å². The lowest BCUT2D eigenvalue weighted by atomic mass is 10.0. The number of hydrazone groups is 1. The maximum absolute atomic E-state index is 10.4. The quantitative estimate of drug-likeness (QED) is 0.249. The molecule has 0 aliphatic carbocycles. The van der Waals surface area contributed by atoms with E-state index in [2.05, 4.69) is 39.6 Å². The molecule has 0 aliphatic rings. The van der Waals surface area contributed by atoms with Gasteiger partial charge in [-0.1, -0.05) is 90.5 Å². The van der Waals surface area contributed by atoms with Crippen LogP contribution >= 0.6 is 0 Å². The minimum Gasteiger partial charge on any atom is -0.507 e. The third-order valence-electron chi connectivity index (χ3n) is 5.45. The molecule has 2 N–H and O–H groups in total. The van der Waals surface area contributed by atoms with E-state index in [1.807, 2.05) is 78.9 Å². The van der Waals surface area contributed by atoms with Crippen LogP contribution in [0.5, 0.6) is 5.75 Å². The van der Waals surface area contributed by atoms with Gasteiger partial charge in [-0.3, -0.25) is 0 Å². The van der Waals surface area contributed by atoms with Gasteiger partial charge < -0.3 is 5.11 Å². The molecule has 0 aliphatic heterocycles. The Morgan fingerprint density at radius 1 is 0.758 bits per heavy atom. The summed E-state index contributed by atoms with van der Waals surface area (Å²) in [5, 5.41) is 16.7. The van der Waals surface area contributed by atoms with Crippen LogP contribution in [0.25, 0.3) is 33.3 Å². The molecule has 0 radical (unpaired) electrons. The number of aryl methyl sites for hydroxylation is 1. The monoisotopic (exact) mass is 430 g/mol. The number of hydrogen-bond donors (Lipinski definition) is 2. The molecule has 5 aromatic rings. The summed E-state index contributed by atoms with van der Waals surface area (Å²) in [5.74, 6) is 0.543. The standard InChI is InChI=1S/C28H22N4O/c1-19-11-13-22(14-12-19)26-17-25(21-8-3-2-4-9-21)30-28(31-26)32-29-18-24-23-10-6-5-7-20(23)15-16-27(24)33/h2-18,33H,1H3,(H,30,31,32). The van der Waals surface area contributed by atoms with Crippen molar-refractivity contribution in [1.29, 1.82) is 0 Å². The lowest BCUT2D eigenvalue weighted by molar-refractivity contribution is 0.475. The van der Waals surface area contributed by atoms with Gasteiger partial charge >= 0.3 is 0 Å². The molecule has 0 unspecified atom stereocenters. The highest BCUT2D eigenvalue weighted by atomic mass is 16.3. The number of anilines is 1. The van der Waals surface area contributed by atoms with Crippen LogP contribution in [-0.2, 0) is 0 Å². The molecule has 4 aromatic carbocycles. The van der Waals surface area contributed by atoms with Crippen LogP contribution in [0.2, 0.25) is 0 Å². The smallest absolute Gasteiger partial charge is 0.244 e. The second kappa shape index (κ2) is 8.93. The zero-order valence-corrected chi connectivity index (χ0v) is 18.1. The lowest BCUT2D eigenvalue weighted by Gasteiger charge is -2.09. The van der Waals surface area contributed by atoms with Gasteiger partial charge in [0.05, 0.1) is 17.6 Å². The number of nitrogens with zero attached hydrogens (tertiary/aromatic N) is 3. The van der Waals surface area contributed by atoms with E-state index in [1.165, 1.54) is 5.56 Å². The Morgan fingerprint density at radius 2 is 1.42 bits per heavy atom. The number of rotatable bonds is 5. The lowest BCUT2D eigenvalue weighted by Crippen LogP contribution is -2.00. The van der Waals surface area contributed by atoms with Crippen molar-refractivity contribution in [3.05, 3.63) is 108 Å². The fourth-order valence-corrected chi connectivity index (χ4v) is 3.70. The van der Waals surface area contributed by atoms with Crippen LogP contribution in [0.1, 0.15) is 11.1 Å². The van der Waals surface area contributed by atoms with E-state index in [-0.39, 0.29) is 5.75 Å². The molecule has 0 spiro atoms. The molecular weight excluding hydrogens is 408 g/mol. The molecule has 0 atom stereocenters. The van der Waals surface area contributed by atoms with E-state index in [9.17, 15) is 5.11 Å². The van der Waals surface area contributed by atoms with Crippen molar-refractivity contribution in [3.8, 4) is 28.3 Å². The Labute approximate surface area is 192 Å². The van der Waals surface area contributed by atoms with Gasteiger partial charge in [0, 0.05) is 16.7 Å². The second-order valence-electron chi connectivity index (χ2n) is 7.78. The topological polar surface area (TPSA) is 70.4 Å². The average molecular weight is 431 g/mol. The third kappa shape index (κ3) is 4.43. The molecule has 160 valence electrons. The molecule has 0 saturated carbocycles. The van der Waals surface area contributed by atoms with E-state index in [0.29, 0.717) is 11.5 Å². The predicted octanol–water partition coefficient (Wildman–Crippen LogP) is 6.42. The number of fused-ring (bicyclic) bond motifs is 1. The normalized spacial score (nSPS) is 11.2. The van der Waals surface area contributed by atoms with Crippen LogP contribution in [-0.4, -0.2) is 21.3 Å². The van der Waals surface area contributed by atoms with Gasteiger partial charge in [-0.15, -0.1) is 0 Å². The predicted molar refractivity (Wildman–Crippen MR) is 134 cm³/mol. The summed E-state index contributed by atoms with van der Waals surface area (Å²) < 4.78 is 0. The Balaban J connectivity index is 1.52. The minimum absolute atomic E-state index is 0.165. The Bertz CT molecular complexity index is 1440. The van der Waals surface area contributed by atoms with Crippen LogP contribution in [0.3, 0.4) is 0 Å². The summed E-state index contributed by atoms with van der Waals surface area (Å²) >= 11 is 0. The number of nitrogens with one attached hydrogen (secondary N) is 1. The van der Waals surface area contributed by atoms with Crippen molar-refractivity contribution in [2.45, 2.75) is 6.92 Å². The van der Waals surface area contributed by atoms with Crippen LogP contribution in [0, 0.1) is 6.92 Å². The number of phenols is 1. The van der Waals surface area contributed by atoms with Gasteiger partial charge in [-0.05, 0) is 29.8 Å². The number of aromatic nitrogens is 2. The maximum atomic E-state index is 10.4.